The lowest BCUT2D eigenvalue weighted by atomic mass is 10.1. The highest BCUT2D eigenvalue weighted by Gasteiger charge is 2.29. The molecule has 0 radical (unpaired) electrons. The molecular weight excluding hydrogens is 506 g/mol. The Hall–Kier alpha value is -3.27. The van der Waals surface area contributed by atoms with Crippen LogP contribution in [0.15, 0.2) is 48.5 Å². The van der Waals surface area contributed by atoms with Crippen molar-refractivity contribution in [1.29, 1.82) is 0 Å². The molecule has 2 amide bonds. The first-order chi connectivity index (χ1) is 18.0. The molecule has 0 unspecified atom stereocenters. The zero-order valence-corrected chi connectivity index (χ0v) is 24.1. The summed E-state index contributed by atoms with van der Waals surface area (Å²) >= 11 is 0. The number of nitrogens with one attached hydrogen (secondary N) is 1. The summed E-state index contributed by atoms with van der Waals surface area (Å²) in [5.41, 5.74) is 1.29. The van der Waals surface area contributed by atoms with E-state index in [9.17, 15) is 18.0 Å². The minimum absolute atomic E-state index is 0.0665. The van der Waals surface area contributed by atoms with Gasteiger partial charge in [0.15, 0.2) is 0 Å². The standard InChI is InChI=1S/C28H41N3O6S/c1-7-24(28(33)29-21(3)4)30(20-22-15-17-23(36-5)18-16-22)27(32)14-11-19-31(38(6,34)35)25-12-9-10-13-26(25)37-8-2/h9-10,12-13,15-18,21,24H,7-8,11,14,19-20H2,1-6H3,(H,29,33)/t24-/m1/s1. The predicted molar refractivity (Wildman–Crippen MR) is 150 cm³/mol. The number of sulfonamides is 1. The van der Waals surface area contributed by atoms with Crippen LogP contribution in [-0.2, 0) is 26.2 Å². The molecule has 9 nitrogen and oxygen atoms in total. The van der Waals surface area contributed by atoms with Gasteiger partial charge in [0.25, 0.3) is 0 Å². The lowest BCUT2D eigenvalue weighted by molar-refractivity contribution is -0.141. The van der Waals surface area contributed by atoms with Crippen LogP contribution in [0.3, 0.4) is 0 Å². The Morgan fingerprint density at radius 3 is 2.24 bits per heavy atom. The average Bonchev–Trinajstić information content (AvgIpc) is 2.86. The first-order valence-electron chi connectivity index (χ1n) is 12.9. The number of methoxy groups -OCH3 is 1. The SMILES string of the molecule is CCOc1ccccc1N(CCCC(=O)N(Cc1ccc(OC)cc1)[C@H](CC)C(=O)NC(C)C)S(C)(=O)=O. The van der Waals surface area contributed by atoms with Crippen LogP contribution in [0.25, 0.3) is 0 Å². The monoisotopic (exact) mass is 547 g/mol. The highest BCUT2D eigenvalue weighted by molar-refractivity contribution is 7.92. The number of carbonyl (C=O) groups is 2. The van der Waals surface area contributed by atoms with E-state index >= 15 is 0 Å². The molecule has 2 aromatic rings. The number of carbonyl (C=O) groups excluding carboxylic acids is 2. The Labute approximate surface area is 227 Å². The summed E-state index contributed by atoms with van der Waals surface area (Å²) in [7, 11) is -2.04. The molecule has 0 aromatic heterocycles. The van der Waals surface area contributed by atoms with Gasteiger partial charge in [-0.2, -0.15) is 0 Å². The van der Waals surface area contributed by atoms with Gasteiger partial charge in [-0.15, -0.1) is 0 Å². The van der Waals surface area contributed by atoms with Crippen molar-refractivity contribution in [2.24, 2.45) is 0 Å². The Kier molecular flexibility index (Phi) is 11.9. The second-order valence-corrected chi connectivity index (χ2v) is 11.2. The second kappa shape index (κ2) is 14.6. The minimum atomic E-state index is -3.63. The number of amides is 2. The molecule has 10 heteroatoms. The molecule has 0 aliphatic heterocycles. The molecule has 2 aromatic carbocycles. The normalized spacial score (nSPS) is 12.1. The van der Waals surface area contributed by atoms with Gasteiger partial charge in [-0.3, -0.25) is 13.9 Å². The van der Waals surface area contributed by atoms with E-state index in [2.05, 4.69) is 5.32 Å². The van der Waals surface area contributed by atoms with Gasteiger partial charge in [-0.05, 0) is 63.4 Å². The fraction of sp³-hybridized carbons (Fsp3) is 0.500. The van der Waals surface area contributed by atoms with Gasteiger partial charge in [-0.25, -0.2) is 8.42 Å². The average molecular weight is 548 g/mol. The molecule has 0 saturated heterocycles. The first-order valence-corrected chi connectivity index (χ1v) is 14.8. The number of hydrogen-bond acceptors (Lipinski definition) is 6. The number of rotatable bonds is 15. The van der Waals surface area contributed by atoms with Crippen molar-refractivity contribution in [2.75, 3.05) is 30.8 Å². The van der Waals surface area contributed by atoms with Crippen LogP contribution in [-0.4, -0.2) is 63.7 Å². The molecule has 210 valence electrons. The van der Waals surface area contributed by atoms with E-state index in [1.54, 1.807) is 36.3 Å². The van der Waals surface area contributed by atoms with Crippen molar-refractivity contribution in [3.05, 3.63) is 54.1 Å². The van der Waals surface area contributed by atoms with Crippen LogP contribution in [0.1, 0.15) is 52.5 Å². The molecule has 0 fully saturated rings. The van der Waals surface area contributed by atoms with Crippen molar-refractivity contribution >= 4 is 27.5 Å². The fourth-order valence-corrected chi connectivity index (χ4v) is 5.12. The summed E-state index contributed by atoms with van der Waals surface area (Å²) in [4.78, 5) is 28.1. The highest BCUT2D eigenvalue weighted by atomic mass is 32.2. The Morgan fingerprint density at radius 2 is 1.68 bits per heavy atom. The van der Waals surface area contributed by atoms with Crippen LogP contribution in [0.5, 0.6) is 11.5 Å². The zero-order chi connectivity index (χ0) is 28.3. The van der Waals surface area contributed by atoms with E-state index in [4.69, 9.17) is 9.47 Å². The van der Waals surface area contributed by atoms with Crippen LogP contribution >= 0.6 is 0 Å². The third-order valence-electron chi connectivity index (χ3n) is 5.91. The molecule has 0 spiro atoms. The summed E-state index contributed by atoms with van der Waals surface area (Å²) < 4.78 is 37.4. The third-order valence-corrected chi connectivity index (χ3v) is 7.09. The van der Waals surface area contributed by atoms with E-state index in [0.29, 0.717) is 30.2 Å². The van der Waals surface area contributed by atoms with Crippen molar-refractivity contribution < 1.29 is 27.5 Å². The lowest BCUT2D eigenvalue weighted by Gasteiger charge is -2.31. The molecule has 0 aliphatic rings. The van der Waals surface area contributed by atoms with Crippen molar-refractivity contribution in [3.63, 3.8) is 0 Å². The molecule has 0 bridgehead atoms. The molecule has 1 atom stereocenters. The molecule has 38 heavy (non-hydrogen) atoms. The van der Waals surface area contributed by atoms with Crippen LogP contribution in [0.4, 0.5) is 5.69 Å². The quantitative estimate of drug-likeness (QED) is 0.362. The van der Waals surface area contributed by atoms with E-state index in [1.807, 2.05) is 52.0 Å². The largest absolute Gasteiger partial charge is 0.497 e. The van der Waals surface area contributed by atoms with Crippen LogP contribution < -0.4 is 19.1 Å². The fourth-order valence-electron chi connectivity index (χ4n) is 4.15. The molecule has 0 saturated carbocycles. The Bertz CT molecular complexity index is 1150. The van der Waals surface area contributed by atoms with Gasteiger partial charge in [0.1, 0.15) is 17.5 Å². The summed E-state index contributed by atoms with van der Waals surface area (Å²) in [6.07, 6.45) is 1.92. The van der Waals surface area contributed by atoms with Crippen LogP contribution in [0.2, 0.25) is 0 Å². The van der Waals surface area contributed by atoms with Crippen molar-refractivity contribution in [2.45, 2.75) is 65.6 Å². The van der Waals surface area contributed by atoms with E-state index in [-0.39, 0.29) is 43.8 Å². The van der Waals surface area contributed by atoms with Crippen LogP contribution in [0, 0.1) is 0 Å². The molecular formula is C28H41N3O6S. The predicted octanol–water partition coefficient (Wildman–Crippen LogP) is 3.97. The van der Waals surface area contributed by atoms with Gasteiger partial charge >= 0.3 is 0 Å². The maximum absolute atomic E-state index is 13.5. The van der Waals surface area contributed by atoms with Gasteiger partial charge < -0.3 is 19.7 Å². The first kappa shape index (κ1) is 31.0. The highest BCUT2D eigenvalue weighted by Crippen LogP contribution is 2.30. The molecule has 1 N–H and O–H groups in total. The van der Waals surface area contributed by atoms with Crippen molar-refractivity contribution in [3.8, 4) is 11.5 Å². The molecule has 0 heterocycles. The third kappa shape index (κ3) is 8.93. The minimum Gasteiger partial charge on any atom is -0.497 e. The Balaban J connectivity index is 2.25. The smallest absolute Gasteiger partial charge is 0.243 e. The maximum atomic E-state index is 13.5. The van der Waals surface area contributed by atoms with Crippen molar-refractivity contribution in [1.82, 2.24) is 10.2 Å². The van der Waals surface area contributed by atoms with Gasteiger partial charge in [0.05, 0.1) is 25.7 Å². The van der Waals surface area contributed by atoms with Gasteiger partial charge in [0.2, 0.25) is 21.8 Å². The lowest BCUT2D eigenvalue weighted by Crippen LogP contribution is -2.50. The van der Waals surface area contributed by atoms with Gasteiger partial charge in [0, 0.05) is 25.6 Å². The number of nitrogens with zero attached hydrogens (tertiary/aromatic N) is 2. The summed E-state index contributed by atoms with van der Waals surface area (Å²) in [5.74, 6) is 0.722. The van der Waals surface area contributed by atoms with E-state index in [0.717, 1.165) is 11.8 Å². The topological polar surface area (TPSA) is 105 Å². The number of benzene rings is 2. The maximum Gasteiger partial charge on any atom is 0.243 e. The number of anilines is 1. The number of hydrogen-bond donors (Lipinski definition) is 1. The van der Waals surface area contributed by atoms with Gasteiger partial charge in [-0.1, -0.05) is 31.2 Å². The molecule has 0 aliphatic carbocycles. The Morgan fingerprint density at radius 1 is 1.03 bits per heavy atom. The second-order valence-electron chi connectivity index (χ2n) is 9.30. The van der Waals surface area contributed by atoms with E-state index in [1.165, 1.54) is 4.31 Å². The molecule has 2 rings (SSSR count). The summed E-state index contributed by atoms with van der Waals surface area (Å²) in [6.45, 7) is 8.19. The summed E-state index contributed by atoms with van der Waals surface area (Å²) in [5, 5.41) is 2.91. The summed E-state index contributed by atoms with van der Waals surface area (Å²) in [6, 6.07) is 13.6. The number of para-hydroxylation sites is 2. The zero-order valence-electron chi connectivity index (χ0n) is 23.3. The number of ether oxygens (including phenoxy) is 2. The van der Waals surface area contributed by atoms with E-state index < -0.39 is 16.1 Å².